The molecule has 0 bridgehead atoms. The van der Waals surface area contributed by atoms with Crippen LogP contribution in [0.25, 0.3) is 194 Å². The van der Waals surface area contributed by atoms with Crippen LogP contribution in [0.3, 0.4) is 0 Å². The van der Waals surface area contributed by atoms with Gasteiger partial charge >= 0.3 is 0 Å². The van der Waals surface area contributed by atoms with Crippen molar-refractivity contribution in [2.75, 3.05) is 0 Å². The quantitative estimate of drug-likeness (QED) is 0.133. The number of fused-ring (bicyclic) bond motifs is 18. The molecule has 116 heavy (non-hydrogen) atoms. The van der Waals surface area contributed by atoms with Crippen molar-refractivity contribution >= 4 is 194 Å². The van der Waals surface area contributed by atoms with E-state index in [0.29, 0.717) is 0 Å². The molecular weight excluding hydrogens is 1390 g/mol. The second-order valence-corrected chi connectivity index (χ2v) is 29.6. The van der Waals surface area contributed by atoms with E-state index < -0.39 is 0 Å². The van der Waals surface area contributed by atoms with Crippen molar-refractivity contribution in [3.63, 3.8) is 0 Å². The predicted molar refractivity (Wildman–Crippen MR) is 509 cm³/mol. The molecule has 26 aromatic rings. The topological polar surface area (TPSA) is 0 Å². The van der Waals surface area contributed by atoms with Gasteiger partial charge in [0.2, 0.25) is 0 Å². The summed E-state index contributed by atoms with van der Waals surface area (Å²) >= 11 is 0. The van der Waals surface area contributed by atoms with E-state index in [4.69, 9.17) is 0 Å². The molecule has 0 fully saturated rings. The zero-order valence-electron chi connectivity index (χ0n) is 64.2. The van der Waals surface area contributed by atoms with Crippen LogP contribution in [0.15, 0.2) is 485 Å². The summed E-state index contributed by atoms with van der Waals surface area (Å²) in [5.74, 6) is 0. The molecule has 0 aliphatic carbocycles. The van der Waals surface area contributed by atoms with E-state index in [1.807, 2.05) is 0 Å². The minimum absolute atomic E-state index is 1.31. The maximum atomic E-state index is 2.21. The second-order valence-electron chi connectivity index (χ2n) is 29.6. The molecule has 0 saturated heterocycles. The first-order chi connectivity index (χ1) is 57.6. The SMILES string of the molecule is c1cc2ccc3cccc4ccc(c1)c2c34.c1cc2ccc3cccc4ccc(c1)c2c34.c1ccc2c(c1)ccc1ccccc12.c1ccc2c(c1)ccc1ccccc12.c1ccc2c(c1)ccc1ccccc12.c1ccc2c(c1)ccc1ccccc12.c1ccc2c(c1)ccc1ccccc12.c1ccc2c(c1)ccc1ccccc12. The van der Waals surface area contributed by atoms with Crippen molar-refractivity contribution in [3.05, 3.63) is 485 Å². The first kappa shape index (κ1) is 71.2. The standard InChI is InChI=1S/2C16H10.6C14H10/c2*1-3-11-7-9-13-5-2-6-14-10-8-12(4-1)15(11)16(13)14;6*1-3-7-13-11(5-1)9-10-12-6-2-4-8-14(12)13/h2*1-10H;6*1-10H. The molecule has 0 atom stereocenters. The van der Waals surface area contributed by atoms with Gasteiger partial charge in [-0.05, 0) is 194 Å². The van der Waals surface area contributed by atoms with Crippen molar-refractivity contribution in [1.29, 1.82) is 0 Å². The fourth-order valence-corrected chi connectivity index (χ4v) is 17.1. The maximum absolute atomic E-state index is 2.21. The Balaban J connectivity index is 0.0000000885. The third kappa shape index (κ3) is 14.6. The van der Waals surface area contributed by atoms with E-state index in [1.165, 1.54) is 194 Å². The van der Waals surface area contributed by atoms with Gasteiger partial charge in [-0.25, -0.2) is 0 Å². The van der Waals surface area contributed by atoms with E-state index in [-0.39, 0.29) is 0 Å². The van der Waals surface area contributed by atoms with Gasteiger partial charge in [0, 0.05) is 0 Å². The van der Waals surface area contributed by atoms with E-state index in [0.717, 1.165) is 0 Å². The third-order valence-electron chi connectivity index (χ3n) is 22.7. The summed E-state index contributed by atoms with van der Waals surface area (Å²) in [6, 6.07) is 172. The molecule has 0 heterocycles. The molecule has 0 spiro atoms. The highest BCUT2D eigenvalue weighted by Crippen LogP contribution is 2.37. The predicted octanol–water partition coefficient (Wildman–Crippen LogP) is 33.1. The highest BCUT2D eigenvalue weighted by molar-refractivity contribution is 6.24. The van der Waals surface area contributed by atoms with Crippen LogP contribution in [0.2, 0.25) is 0 Å². The molecule has 544 valence electrons. The van der Waals surface area contributed by atoms with Gasteiger partial charge in [0.05, 0.1) is 0 Å². The maximum Gasteiger partial charge on any atom is -0.00268 e. The molecule has 0 nitrogen and oxygen atoms in total. The number of hydrogen-bond acceptors (Lipinski definition) is 0. The smallest absolute Gasteiger partial charge is 0.00268 e. The fraction of sp³-hybridized carbons (Fsp3) is 0. The molecule has 0 unspecified atom stereocenters. The Morgan fingerprint density at radius 2 is 0.138 bits per heavy atom. The normalized spacial score (nSPS) is 11.1. The summed E-state index contributed by atoms with van der Waals surface area (Å²) in [5.41, 5.74) is 0. The Hall–Kier alpha value is -15.1. The zero-order chi connectivity index (χ0) is 77.4. The summed E-state index contributed by atoms with van der Waals surface area (Å²) in [7, 11) is 0. The molecule has 26 rings (SSSR count). The number of benzene rings is 26. The summed E-state index contributed by atoms with van der Waals surface area (Å²) in [4.78, 5) is 0. The van der Waals surface area contributed by atoms with E-state index in [9.17, 15) is 0 Å². The lowest BCUT2D eigenvalue weighted by atomic mass is 9.95. The third-order valence-corrected chi connectivity index (χ3v) is 22.7. The van der Waals surface area contributed by atoms with Crippen molar-refractivity contribution in [1.82, 2.24) is 0 Å². The highest BCUT2D eigenvalue weighted by atomic mass is 14.1. The minimum atomic E-state index is 1.31. The van der Waals surface area contributed by atoms with Gasteiger partial charge in [0.15, 0.2) is 0 Å². The van der Waals surface area contributed by atoms with Crippen molar-refractivity contribution in [3.8, 4) is 0 Å². The minimum Gasteiger partial charge on any atom is -0.0616 e. The van der Waals surface area contributed by atoms with Gasteiger partial charge in [-0.1, -0.05) is 485 Å². The lowest BCUT2D eigenvalue weighted by Crippen LogP contribution is -1.82. The van der Waals surface area contributed by atoms with Crippen LogP contribution in [-0.2, 0) is 0 Å². The van der Waals surface area contributed by atoms with Crippen LogP contribution in [-0.4, -0.2) is 0 Å². The molecule has 0 amide bonds. The average molecular weight is 1470 g/mol. The zero-order valence-corrected chi connectivity index (χ0v) is 64.2. The molecule has 0 radical (unpaired) electrons. The van der Waals surface area contributed by atoms with Gasteiger partial charge in [-0.3, -0.25) is 0 Å². The van der Waals surface area contributed by atoms with Gasteiger partial charge < -0.3 is 0 Å². The van der Waals surface area contributed by atoms with Crippen LogP contribution < -0.4 is 0 Å². The van der Waals surface area contributed by atoms with Crippen LogP contribution in [0, 0.1) is 0 Å². The van der Waals surface area contributed by atoms with Gasteiger partial charge in [-0.15, -0.1) is 0 Å². The molecule has 0 aliphatic rings. The van der Waals surface area contributed by atoms with E-state index >= 15 is 0 Å². The lowest BCUT2D eigenvalue weighted by Gasteiger charge is -2.09. The summed E-state index contributed by atoms with van der Waals surface area (Å²) in [6.07, 6.45) is 0. The Morgan fingerprint density at radius 1 is 0.0603 bits per heavy atom. The molecule has 0 aliphatic heterocycles. The molecule has 26 aromatic carbocycles. The molecule has 0 heteroatoms. The first-order valence-corrected chi connectivity index (χ1v) is 40.0. The average Bonchev–Trinajstić information content (AvgIpc) is 0.749. The number of rotatable bonds is 0. The Bertz CT molecular complexity index is 6400. The molecule has 0 aromatic heterocycles. The van der Waals surface area contributed by atoms with Gasteiger partial charge in [0.1, 0.15) is 0 Å². The number of hydrogen-bond donors (Lipinski definition) is 0. The molecule has 0 saturated carbocycles. The Morgan fingerprint density at radius 3 is 0.241 bits per heavy atom. The largest absolute Gasteiger partial charge is 0.0616 e. The van der Waals surface area contributed by atoms with Crippen LogP contribution in [0.1, 0.15) is 0 Å². The Labute approximate surface area is 674 Å². The van der Waals surface area contributed by atoms with Crippen molar-refractivity contribution in [2.24, 2.45) is 0 Å². The monoisotopic (exact) mass is 1470 g/mol. The van der Waals surface area contributed by atoms with Crippen LogP contribution in [0.4, 0.5) is 0 Å². The molecule has 0 N–H and O–H groups in total. The first-order valence-electron chi connectivity index (χ1n) is 40.0. The molecular formula is C116H80. The van der Waals surface area contributed by atoms with Crippen LogP contribution in [0.5, 0.6) is 0 Å². The van der Waals surface area contributed by atoms with Crippen LogP contribution >= 0.6 is 0 Å². The fourth-order valence-electron chi connectivity index (χ4n) is 17.1. The highest BCUT2D eigenvalue weighted by Gasteiger charge is 2.10. The summed E-state index contributed by atoms with van der Waals surface area (Å²) in [5, 5.41) is 48.1. The summed E-state index contributed by atoms with van der Waals surface area (Å²) < 4.78 is 0. The second kappa shape index (κ2) is 32.7. The van der Waals surface area contributed by atoms with Gasteiger partial charge in [-0.2, -0.15) is 0 Å². The van der Waals surface area contributed by atoms with Crippen molar-refractivity contribution < 1.29 is 0 Å². The Kier molecular flexibility index (Phi) is 20.1. The van der Waals surface area contributed by atoms with E-state index in [2.05, 4.69) is 485 Å². The van der Waals surface area contributed by atoms with Gasteiger partial charge in [0.25, 0.3) is 0 Å². The van der Waals surface area contributed by atoms with Crippen molar-refractivity contribution in [2.45, 2.75) is 0 Å². The summed E-state index contributed by atoms with van der Waals surface area (Å²) in [6.45, 7) is 0. The lowest BCUT2D eigenvalue weighted by molar-refractivity contribution is 1.76. The van der Waals surface area contributed by atoms with E-state index in [1.54, 1.807) is 0 Å².